The molecule has 0 aromatic rings. The summed E-state index contributed by atoms with van der Waals surface area (Å²) in [5.74, 6) is -1.37. The number of hydrogen-bond donors (Lipinski definition) is 1. The van der Waals surface area contributed by atoms with Gasteiger partial charge in [-0.2, -0.15) is 0 Å². The van der Waals surface area contributed by atoms with Crippen molar-refractivity contribution in [3.63, 3.8) is 0 Å². The molecule has 0 bridgehead atoms. The first-order valence-electron chi connectivity index (χ1n) is 3.07. The van der Waals surface area contributed by atoms with E-state index < -0.39 is 12.1 Å². The van der Waals surface area contributed by atoms with E-state index in [0.29, 0.717) is 6.42 Å². The van der Waals surface area contributed by atoms with Crippen LogP contribution in [0.15, 0.2) is 0 Å². The first kappa shape index (κ1) is 13.1. The van der Waals surface area contributed by atoms with E-state index in [2.05, 4.69) is 0 Å². The van der Waals surface area contributed by atoms with Gasteiger partial charge in [-0.3, -0.25) is 0 Å². The van der Waals surface area contributed by atoms with Gasteiger partial charge in [0.15, 0.2) is 0 Å². The molecule has 0 aliphatic carbocycles. The van der Waals surface area contributed by atoms with Gasteiger partial charge in [-0.05, 0) is 6.42 Å². The summed E-state index contributed by atoms with van der Waals surface area (Å²) in [6.07, 6.45) is 0.656. The smallest absolute Gasteiger partial charge is 0.547 e. The number of aliphatic hydroxyl groups excluding tert-OH is 1. The molecule has 0 aliphatic rings. The topological polar surface area (TPSA) is 60.4 Å². The van der Waals surface area contributed by atoms with Crippen molar-refractivity contribution >= 4 is 5.97 Å². The fourth-order valence-corrected chi connectivity index (χ4v) is 0.515. The van der Waals surface area contributed by atoms with Crippen molar-refractivity contribution in [3.8, 4) is 0 Å². The summed E-state index contributed by atoms with van der Waals surface area (Å²) in [7, 11) is 0. The van der Waals surface area contributed by atoms with Crippen LogP contribution in [0.4, 0.5) is 0 Å². The van der Waals surface area contributed by atoms with Crippen molar-refractivity contribution in [3.05, 3.63) is 0 Å². The number of rotatable bonds is 4. The summed E-state index contributed by atoms with van der Waals surface area (Å²) < 4.78 is 0. The summed E-state index contributed by atoms with van der Waals surface area (Å²) in [5, 5.41) is 18.4. The van der Waals surface area contributed by atoms with Gasteiger partial charge >= 0.3 is 29.6 Å². The molecule has 0 fully saturated rings. The summed E-state index contributed by atoms with van der Waals surface area (Å²) >= 11 is 0. The second-order valence-corrected chi connectivity index (χ2v) is 1.98. The standard InChI is InChI=1S/C6H12O3.Na/c1-2-3-4-5(7)6(8)9;/h5,7H,2-4H2,1H3,(H,8,9);/q;+1/p-1. The average molecular weight is 154 g/mol. The third-order valence-electron chi connectivity index (χ3n) is 1.10. The number of carboxylic acid groups (broad SMARTS) is 1. The van der Waals surface area contributed by atoms with Crippen molar-refractivity contribution < 1.29 is 44.6 Å². The predicted molar refractivity (Wildman–Crippen MR) is 30.5 cm³/mol. The van der Waals surface area contributed by atoms with Crippen LogP contribution >= 0.6 is 0 Å². The van der Waals surface area contributed by atoms with Crippen LogP contribution in [0.2, 0.25) is 0 Å². The van der Waals surface area contributed by atoms with Crippen LogP contribution in [-0.4, -0.2) is 17.2 Å². The Morgan fingerprint density at radius 3 is 2.50 bits per heavy atom. The molecule has 3 nitrogen and oxygen atoms in total. The van der Waals surface area contributed by atoms with Crippen LogP contribution < -0.4 is 34.7 Å². The summed E-state index contributed by atoms with van der Waals surface area (Å²) in [6.45, 7) is 1.93. The Morgan fingerprint density at radius 1 is 1.70 bits per heavy atom. The Hall–Kier alpha value is 0.430. The van der Waals surface area contributed by atoms with Crippen molar-refractivity contribution in [1.82, 2.24) is 0 Å². The molecule has 0 aliphatic heterocycles. The Morgan fingerprint density at radius 2 is 2.20 bits per heavy atom. The predicted octanol–water partition coefficient (Wildman–Crippen LogP) is -3.71. The molecule has 1 N–H and O–H groups in total. The molecular formula is C6H11NaO3. The van der Waals surface area contributed by atoms with E-state index in [1.165, 1.54) is 0 Å². The first-order valence-corrected chi connectivity index (χ1v) is 3.07. The van der Waals surface area contributed by atoms with Gasteiger partial charge in [0, 0.05) is 0 Å². The van der Waals surface area contributed by atoms with Gasteiger partial charge in [0.25, 0.3) is 0 Å². The molecule has 0 rings (SSSR count). The minimum Gasteiger partial charge on any atom is -0.547 e. The fourth-order valence-electron chi connectivity index (χ4n) is 0.515. The van der Waals surface area contributed by atoms with Crippen LogP contribution in [0.25, 0.3) is 0 Å². The number of carbonyl (C=O) groups excluding carboxylic acids is 1. The monoisotopic (exact) mass is 154 g/mol. The second-order valence-electron chi connectivity index (χ2n) is 1.98. The van der Waals surface area contributed by atoms with Gasteiger partial charge in [-0.25, -0.2) is 0 Å². The van der Waals surface area contributed by atoms with Crippen LogP contribution in [0.5, 0.6) is 0 Å². The quantitative estimate of drug-likeness (QED) is 0.424. The van der Waals surface area contributed by atoms with Crippen molar-refractivity contribution in [2.24, 2.45) is 0 Å². The molecule has 0 amide bonds. The molecule has 1 atom stereocenters. The van der Waals surface area contributed by atoms with Gasteiger partial charge in [0.2, 0.25) is 0 Å². The SMILES string of the molecule is CCCCC(O)C(=O)[O-].[Na+]. The molecule has 0 saturated heterocycles. The Kier molecular flexibility index (Phi) is 9.84. The van der Waals surface area contributed by atoms with E-state index in [4.69, 9.17) is 5.11 Å². The number of aliphatic carboxylic acids is 1. The van der Waals surface area contributed by atoms with E-state index in [1.807, 2.05) is 6.92 Å². The molecule has 4 heteroatoms. The maximum absolute atomic E-state index is 9.84. The Bertz CT molecular complexity index is 95.0. The number of aliphatic hydroxyl groups is 1. The molecule has 54 valence electrons. The zero-order chi connectivity index (χ0) is 7.28. The van der Waals surface area contributed by atoms with Crippen molar-refractivity contribution in [2.75, 3.05) is 0 Å². The van der Waals surface area contributed by atoms with Gasteiger partial charge < -0.3 is 15.0 Å². The maximum atomic E-state index is 9.84. The minimum atomic E-state index is -1.37. The van der Waals surface area contributed by atoms with Crippen LogP contribution in [-0.2, 0) is 4.79 Å². The van der Waals surface area contributed by atoms with Gasteiger partial charge in [-0.1, -0.05) is 19.8 Å². The third kappa shape index (κ3) is 6.55. The number of hydrogen-bond acceptors (Lipinski definition) is 3. The molecule has 10 heavy (non-hydrogen) atoms. The van der Waals surface area contributed by atoms with Gasteiger partial charge in [0.1, 0.15) is 0 Å². The second kappa shape index (κ2) is 7.54. The van der Waals surface area contributed by atoms with E-state index in [1.54, 1.807) is 0 Å². The molecule has 0 spiro atoms. The fraction of sp³-hybridized carbons (Fsp3) is 0.833. The Labute approximate surface area is 82.7 Å². The van der Waals surface area contributed by atoms with E-state index in [0.717, 1.165) is 12.8 Å². The van der Waals surface area contributed by atoms with E-state index in [-0.39, 0.29) is 29.6 Å². The molecule has 0 radical (unpaired) electrons. The molecule has 0 saturated carbocycles. The number of carbonyl (C=O) groups is 1. The maximum Gasteiger partial charge on any atom is 1.00 e. The molecule has 1 unspecified atom stereocenters. The van der Waals surface area contributed by atoms with Crippen molar-refractivity contribution in [1.29, 1.82) is 0 Å². The largest absolute Gasteiger partial charge is 1.00 e. The van der Waals surface area contributed by atoms with Crippen LogP contribution in [0, 0.1) is 0 Å². The third-order valence-corrected chi connectivity index (χ3v) is 1.10. The van der Waals surface area contributed by atoms with Crippen LogP contribution in [0.1, 0.15) is 26.2 Å². The average Bonchev–Trinajstić information content (AvgIpc) is 1.82. The van der Waals surface area contributed by atoms with Crippen LogP contribution in [0.3, 0.4) is 0 Å². The summed E-state index contributed by atoms with van der Waals surface area (Å²) in [4.78, 5) is 9.84. The summed E-state index contributed by atoms with van der Waals surface area (Å²) in [5.41, 5.74) is 0. The minimum absolute atomic E-state index is 0. The molecule has 0 heterocycles. The zero-order valence-electron chi connectivity index (χ0n) is 6.46. The van der Waals surface area contributed by atoms with E-state index in [9.17, 15) is 9.90 Å². The molecule has 0 aromatic carbocycles. The number of carboxylic acids is 1. The van der Waals surface area contributed by atoms with Gasteiger partial charge in [-0.15, -0.1) is 0 Å². The number of unbranched alkanes of at least 4 members (excludes halogenated alkanes) is 1. The zero-order valence-corrected chi connectivity index (χ0v) is 8.46. The molecule has 0 aromatic heterocycles. The first-order chi connectivity index (χ1) is 4.18. The summed E-state index contributed by atoms with van der Waals surface area (Å²) in [6, 6.07) is 0. The van der Waals surface area contributed by atoms with E-state index >= 15 is 0 Å². The van der Waals surface area contributed by atoms with Crippen molar-refractivity contribution in [2.45, 2.75) is 32.3 Å². The van der Waals surface area contributed by atoms with Gasteiger partial charge in [0.05, 0.1) is 12.1 Å². The normalized spacial score (nSPS) is 11.8. The molecular weight excluding hydrogens is 143 g/mol. The Balaban J connectivity index is 0.